The molecule has 0 unspecified atom stereocenters. The Morgan fingerprint density at radius 3 is 2.37 bits per heavy atom. The lowest BCUT2D eigenvalue weighted by Crippen LogP contribution is -2.20. The average Bonchev–Trinajstić information content (AvgIpc) is 2.74. The number of ether oxygens (including phenoxy) is 3. The first-order valence-corrected chi connectivity index (χ1v) is 9.86. The number of amides is 1. The Kier molecular flexibility index (Phi) is 7.63. The van der Waals surface area contributed by atoms with Crippen molar-refractivity contribution >= 4 is 46.4 Å². The third kappa shape index (κ3) is 5.92. The van der Waals surface area contributed by atoms with Crippen molar-refractivity contribution in [1.82, 2.24) is 4.98 Å². The number of rotatable bonds is 8. The molecule has 9 heteroatoms. The Labute approximate surface area is 188 Å². The minimum absolute atomic E-state index is 0.258. The lowest BCUT2D eigenvalue weighted by atomic mass is 10.2. The summed E-state index contributed by atoms with van der Waals surface area (Å²) in [6.07, 6.45) is 3.37. The largest absolute Gasteiger partial charge is 0.493 e. The van der Waals surface area contributed by atoms with E-state index >= 15 is 0 Å². The van der Waals surface area contributed by atoms with Crippen LogP contribution in [0.1, 0.15) is 5.56 Å². The monoisotopic (exact) mass is 466 g/mol. The number of aromatic nitrogens is 1. The lowest BCUT2D eigenvalue weighted by Gasteiger charge is -2.13. The zero-order valence-corrected chi connectivity index (χ0v) is 18.1. The Morgan fingerprint density at radius 2 is 1.63 bits per heavy atom. The molecule has 0 aliphatic rings. The molecule has 0 aliphatic carbocycles. The van der Waals surface area contributed by atoms with Crippen molar-refractivity contribution in [3.63, 3.8) is 0 Å². The van der Waals surface area contributed by atoms with Gasteiger partial charge in [0, 0.05) is 30.2 Å². The zero-order chi connectivity index (χ0) is 21.5. The molecule has 0 saturated heterocycles. The number of halogens is 3. The molecule has 3 aromatic rings. The smallest absolute Gasteiger partial charge is 0.262 e. The predicted molar refractivity (Wildman–Crippen MR) is 117 cm³/mol. The minimum Gasteiger partial charge on any atom is -0.493 e. The SMILES string of the molecule is COc1ccc(NC(=O)COc2cc(Cl)c(Cl)cc2Cl)cc1OCc1ccncc1. The first-order chi connectivity index (χ1) is 14.5. The molecule has 1 N–H and O–H groups in total. The fourth-order valence-electron chi connectivity index (χ4n) is 2.46. The fourth-order valence-corrected chi connectivity index (χ4v) is 3.05. The molecule has 0 atom stereocenters. The average molecular weight is 468 g/mol. The molecule has 1 aromatic heterocycles. The van der Waals surface area contributed by atoms with E-state index in [-0.39, 0.29) is 28.3 Å². The third-order valence-electron chi connectivity index (χ3n) is 3.92. The van der Waals surface area contributed by atoms with Crippen molar-refractivity contribution in [2.75, 3.05) is 19.0 Å². The number of methoxy groups -OCH3 is 1. The normalized spacial score (nSPS) is 10.4. The van der Waals surface area contributed by atoms with Gasteiger partial charge in [-0.15, -0.1) is 0 Å². The van der Waals surface area contributed by atoms with Crippen molar-refractivity contribution in [1.29, 1.82) is 0 Å². The summed E-state index contributed by atoms with van der Waals surface area (Å²) in [5.41, 5.74) is 1.47. The molecule has 0 bridgehead atoms. The highest BCUT2D eigenvalue weighted by Crippen LogP contribution is 2.34. The summed E-state index contributed by atoms with van der Waals surface area (Å²) in [6, 6.07) is 11.7. The Balaban J connectivity index is 1.63. The Hall–Kier alpha value is -2.67. The van der Waals surface area contributed by atoms with Gasteiger partial charge in [0.25, 0.3) is 5.91 Å². The lowest BCUT2D eigenvalue weighted by molar-refractivity contribution is -0.118. The van der Waals surface area contributed by atoms with Crippen LogP contribution in [-0.2, 0) is 11.4 Å². The summed E-state index contributed by atoms with van der Waals surface area (Å²) in [5.74, 6) is 0.904. The van der Waals surface area contributed by atoms with Gasteiger partial charge >= 0.3 is 0 Å². The van der Waals surface area contributed by atoms with Gasteiger partial charge in [-0.3, -0.25) is 9.78 Å². The van der Waals surface area contributed by atoms with Crippen molar-refractivity contribution in [3.8, 4) is 17.2 Å². The molecular formula is C21H17Cl3N2O4. The number of hydrogen-bond acceptors (Lipinski definition) is 5. The maximum Gasteiger partial charge on any atom is 0.262 e. The van der Waals surface area contributed by atoms with E-state index in [0.717, 1.165) is 5.56 Å². The number of pyridine rings is 1. The molecule has 0 fully saturated rings. The van der Waals surface area contributed by atoms with Crippen molar-refractivity contribution in [2.45, 2.75) is 6.61 Å². The number of hydrogen-bond donors (Lipinski definition) is 1. The van der Waals surface area contributed by atoms with Crippen LogP contribution in [-0.4, -0.2) is 24.6 Å². The topological polar surface area (TPSA) is 69.7 Å². The maximum absolute atomic E-state index is 12.3. The standard InChI is InChI=1S/C21H17Cl3N2O4/c1-28-18-3-2-14(8-20(18)29-11-13-4-6-25-7-5-13)26-21(27)12-30-19-10-16(23)15(22)9-17(19)24/h2-10H,11-12H2,1H3,(H,26,27). The van der Waals surface area contributed by atoms with Crippen LogP contribution < -0.4 is 19.5 Å². The van der Waals surface area contributed by atoms with Crippen molar-refractivity contribution in [3.05, 3.63) is 75.5 Å². The third-order valence-corrected chi connectivity index (χ3v) is 4.94. The molecule has 1 amide bonds. The van der Waals surface area contributed by atoms with E-state index in [1.54, 1.807) is 37.7 Å². The molecule has 2 aromatic carbocycles. The van der Waals surface area contributed by atoms with Crippen LogP contribution in [0.2, 0.25) is 15.1 Å². The molecule has 156 valence electrons. The summed E-state index contributed by atoms with van der Waals surface area (Å²) < 4.78 is 16.6. The maximum atomic E-state index is 12.3. The summed E-state index contributed by atoms with van der Waals surface area (Å²) in [7, 11) is 1.54. The van der Waals surface area contributed by atoms with Gasteiger partial charge in [0.15, 0.2) is 18.1 Å². The second-order valence-electron chi connectivity index (χ2n) is 6.04. The minimum atomic E-state index is -0.387. The molecule has 30 heavy (non-hydrogen) atoms. The second kappa shape index (κ2) is 10.4. The molecule has 6 nitrogen and oxygen atoms in total. The number of carbonyl (C=O) groups is 1. The van der Waals surface area contributed by atoms with E-state index in [0.29, 0.717) is 28.8 Å². The van der Waals surface area contributed by atoms with Gasteiger partial charge in [-0.2, -0.15) is 0 Å². The summed E-state index contributed by atoms with van der Waals surface area (Å²) in [6.45, 7) is 0.0616. The molecule has 0 aliphatic heterocycles. The molecule has 1 heterocycles. The van der Waals surface area contributed by atoms with Crippen LogP contribution in [0.15, 0.2) is 54.9 Å². The van der Waals surface area contributed by atoms with Gasteiger partial charge in [0.05, 0.1) is 22.2 Å². The van der Waals surface area contributed by atoms with E-state index < -0.39 is 0 Å². The highest BCUT2D eigenvalue weighted by atomic mass is 35.5. The first-order valence-electron chi connectivity index (χ1n) is 8.73. The molecular weight excluding hydrogens is 451 g/mol. The Bertz CT molecular complexity index is 1030. The Morgan fingerprint density at radius 1 is 0.900 bits per heavy atom. The number of nitrogens with zero attached hydrogens (tertiary/aromatic N) is 1. The molecule has 0 saturated carbocycles. The predicted octanol–water partition coefficient (Wildman–Crippen LogP) is 5.65. The van der Waals surface area contributed by atoms with Gasteiger partial charge in [0.2, 0.25) is 0 Å². The highest BCUT2D eigenvalue weighted by Gasteiger charge is 2.12. The zero-order valence-electron chi connectivity index (χ0n) is 15.8. The highest BCUT2D eigenvalue weighted by molar-refractivity contribution is 6.43. The number of carbonyl (C=O) groups excluding carboxylic acids is 1. The van der Waals surface area contributed by atoms with Gasteiger partial charge < -0.3 is 19.5 Å². The van der Waals surface area contributed by atoms with Crippen LogP contribution in [0, 0.1) is 0 Å². The summed E-state index contributed by atoms with van der Waals surface area (Å²) in [4.78, 5) is 16.2. The van der Waals surface area contributed by atoms with Crippen LogP contribution in [0.3, 0.4) is 0 Å². The van der Waals surface area contributed by atoms with Crippen molar-refractivity contribution < 1.29 is 19.0 Å². The van der Waals surface area contributed by atoms with Gasteiger partial charge in [-0.05, 0) is 35.9 Å². The van der Waals surface area contributed by atoms with Crippen molar-refractivity contribution in [2.24, 2.45) is 0 Å². The van der Waals surface area contributed by atoms with E-state index in [9.17, 15) is 4.79 Å². The van der Waals surface area contributed by atoms with Gasteiger partial charge in [0.1, 0.15) is 12.4 Å². The number of benzene rings is 2. The van der Waals surface area contributed by atoms with E-state index in [2.05, 4.69) is 10.3 Å². The van der Waals surface area contributed by atoms with Gasteiger partial charge in [-0.25, -0.2) is 0 Å². The first kappa shape index (κ1) is 22.0. The number of nitrogens with one attached hydrogen (secondary N) is 1. The fraction of sp³-hybridized carbons (Fsp3) is 0.143. The molecule has 0 radical (unpaired) electrons. The van der Waals surface area contributed by atoms with Crippen LogP contribution in [0.4, 0.5) is 5.69 Å². The quantitative estimate of drug-likeness (QED) is 0.434. The van der Waals surface area contributed by atoms with Crippen LogP contribution in [0.5, 0.6) is 17.2 Å². The summed E-state index contributed by atoms with van der Waals surface area (Å²) >= 11 is 17.9. The molecule has 0 spiro atoms. The number of anilines is 1. The van der Waals surface area contributed by atoms with E-state index in [1.165, 1.54) is 12.1 Å². The van der Waals surface area contributed by atoms with E-state index in [4.69, 9.17) is 49.0 Å². The molecule has 3 rings (SSSR count). The van der Waals surface area contributed by atoms with Crippen LogP contribution in [0.25, 0.3) is 0 Å². The van der Waals surface area contributed by atoms with Crippen LogP contribution >= 0.6 is 34.8 Å². The van der Waals surface area contributed by atoms with Gasteiger partial charge in [-0.1, -0.05) is 34.8 Å². The second-order valence-corrected chi connectivity index (χ2v) is 7.26. The van der Waals surface area contributed by atoms with E-state index in [1.807, 2.05) is 12.1 Å². The summed E-state index contributed by atoms with van der Waals surface area (Å²) in [5, 5.41) is 3.58.